The maximum atomic E-state index is 11.9. The molecule has 2 aromatic carbocycles. The number of rotatable bonds is 3. The van der Waals surface area contributed by atoms with Crippen LogP contribution in [-0.4, -0.2) is 6.03 Å². The first kappa shape index (κ1) is 15.3. The number of benzene rings is 2. The average molecular weight is 445 g/mol. The van der Waals surface area contributed by atoms with Gasteiger partial charge in [0.05, 0.1) is 0 Å². The number of carbonyl (C=O) groups is 1. The van der Waals surface area contributed by atoms with Crippen LogP contribution in [0.5, 0.6) is 0 Å². The van der Waals surface area contributed by atoms with Crippen molar-refractivity contribution in [2.75, 3.05) is 5.32 Å². The van der Waals surface area contributed by atoms with Crippen LogP contribution in [-0.2, 0) is 6.54 Å². The maximum absolute atomic E-state index is 11.9. The van der Waals surface area contributed by atoms with Gasteiger partial charge < -0.3 is 10.6 Å². The molecular weight excluding hydrogens is 431 g/mol. The third kappa shape index (κ3) is 4.21. The Balaban J connectivity index is 1.94. The second kappa shape index (κ2) is 7.08. The zero-order valence-electron chi connectivity index (χ0n) is 10.9. The van der Waals surface area contributed by atoms with Crippen LogP contribution in [0.4, 0.5) is 10.5 Å². The van der Waals surface area contributed by atoms with Crippen molar-refractivity contribution in [3.05, 3.63) is 61.6 Å². The van der Waals surface area contributed by atoms with Crippen molar-refractivity contribution in [3.8, 4) is 0 Å². The molecule has 0 aliphatic rings. The highest BCUT2D eigenvalue weighted by Crippen LogP contribution is 2.18. The number of anilines is 1. The van der Waals surface area contributed by atoms with E-state index < -0.39 is 0 Å². The fraction of sp³-hybridized carbons (Fsp3) is 0.133. The summed E-state index contributed by atoms with van der Waals surface area (Å²) < 4.78 is 2.14. The Morgan fingerprint density at radius 2 is 2.00 bits per heavy atom. The third-order valence-electron chi connectivity index (χ3n) is 2.83. The normalized spacial score (nSPS) is 10.2. The number of hydrogen-bond acceptors (Lipinski definition) is 1. The monoisotopic (exact) mass is 444 g/mol. The fourth-order valence-corrected chi connectivity index (χ4v) is 2.82. The van der Waals surface area contributed by atoms with Gasteiger partial charge >= 0.3 is 6.03 Å². The standard InChI is InChI=1S/C15H14BrIN2O/c1-10-8-12(17)6-7-14(10)19-15(20)18-9-11-4-2-3-5-13(11)16/h2-8H,9H2,1H3,(H2,18,19,20). The SMILES string of the molecule is Cc1cc(I)ccc1NC(=O)NCc1ccccc1Br. The predicted molar refractivity (Wildman–Crippen MR) is 93.9 cm³/mol. The molecule has 0 aromatic heterocycles. The number of amides is 2. The Morgan fingerprint density at radius 3 is 2.70 bits per heavy atom. The molecule has 0 unspecified atom stereocenters. The number of urea groups is 1. The van der Waals surface area contributed by atoms with Gasteiger partial charge in [-0.25, -0.2) is 4.79 Å². The smallest absolute Gasteiger partial charge is 0.319 e. The largest absolute Gasteiger partial charge is 0.334 e. The van der Waals surface area contributed by atoms with E-state index in [-0.39, 0.29) is 6.03 Å². The van der Waals surface area contributed by atoms with Crippen LogP contribution in [0.3, 0.4) is 0 Å². The van der Waals surface area contributed by atoms with E-state index in [9.17, 15) is 4.79 Å². The van der Waals surface area contributed by atoms with Gasteiger partial charge in [0.1, 0.15) is 0 Å². The number of nitrogens with one attached hydrogen (secondary N) is 2. The van der Waals surface area contributed by atoms with E-state index in [4.69, 9.17) is 0 Å². The van der Waals surface area contributed by atoms with Gasteiger partial charge in [0, 0.05) is 20.3 Å². The molecule has 20 heavy (non-hydrogen) atoms. The highest BCUT2D eigenvalue weighted by Gasteiger charge is 2.05. The van der Waals surface area contributed by atoms with Gasteiger partial charge in [-0.1, -0.05) is 34.1 Å². The van der Waals surface area contributed by atoms with Crippen LogP contribution >= 0.6 is 38.5 Å². The van der Waals surface area contributed by atoms with Gasteiger partial charge in [0.2, 0.25) is 0 Å². The molecule has 2 amide bonds. The molecule has 0 aliphatic carbocycles. The van der Waals surface area contributed by atoms with Gasteiger partial charge in [0.25, 0.3) is 0 Å². The molecule has 0 heterocycles. The van der Waals surface area contributed by atoms with Crippen LogP contribution in [0, 0.1) is 10.5 Å². The minimum Gasteiger partial charge on any atom is -0.334 e. The minimum absolute atomic E-state index is 0.204. The molecule has 3 nitrogen and oxygen atoms in total. The summed E-state index contributed by atoms with van der Waals surface area (Å²) in [5.74, 6) is 0. The Morgan fingerprint density at radius 1 is 1.25 bits per heavy atom. The third-order valence-corrected chi connectivity index (χ3v) is 4.28. The number of aryl methyl sites for hydroxylation is 1. The fourth-order valence-electron chi connectivity index (χ4n) is 1.75. The number of carbonyl (C=O) groups excluding carboxylic acids is 1. The van der Waals surface area contributed by atoms with E-state index in [1.807, 2.05) is 49.4 Å². The van der Waals surface area contributed by atoms with Crippen molar-refractivity contribution < 1.29 is 4.79 Å². The average Bonchev–Trinajstić information content (AvgIpc) is 2.41. The van der Waals surface area contributed by atoms with E-state index in [0.29, 0.717) is 6.54 Å². The van der Waals surface area contributed by atoms with Gasteiger partial charge in [-0.15, -0.1) is 0 Å². The molecule has 104 valence electrons. The second-order valence-electron chi connectivity index (χ2n) is 4.36. The Hall–Kier alpha value is -1.08. The molecule has 0 atom stereocenters. The zero-order valence-corrected chi connectivity index (χ0v) is 14.7. The quantitative estimate of drug-likeness (QED) is 0.663. The van der Waals surface area contributed by atoms with Crippen molar-refractivity contribution >= 4 is 50.2 Å². The topological polar surface area (TPSA) is 41.1 Å². The molecule has 0 bridgehead atoms. The van der Waals surface area contributed by atoms with E-state index in [2.05, 4.69) is 49.2 Å². The van der Waals surface area contributed by atoms with Gasteiger partial charge in [0.15, 0.2) is 0 Å². The van der Waals surface area contributed by atoms with Crippen molar-refractivity contribution in [1.82, 2.24) is 5.32 Å². The van der Waals surface area contributed by atoms with Gasteiger partial charge in [-0.05, 0) is 64.9 Å². The van der Waals surface area contributed by atoms with Crippen LogP contribution in [0.15, 0.2) is 46.9 Å². The van der Waals surface area contributed by atoms with Crippen LogP contribution < -0.4 is 10.6 Å². The lowest BCUT2D eigenvalue weighted by molar-refractivity contribution is 0.251. The van der Waals surface area contributed by atoms with Crippen molar-refractivity contribution in [1.29, 1.82) is 0 Å². The van der Waals surface area contributed by atoms with E-state index >= 15 is 0 Å². The summed E-state index contributed by atoms with van der Waals surface area (Å²) in [7, 11) is 0. The van der Waals surface area contributed by atoms with Gasteiger partial charge in [-0.3, -0.25) is 0 Å². The molecule has 5 heteroatoms. The summed E-state index contributed by atoms with van der Waals surface area (Å²) in [5.41, 5.74) is 2.92. The summed E-state index contributed by atoms with van der Waals surface area (Å²) in [4.78, 5) is 11.9. The summed E-state index contributed by atoms with van der Waals surface area (Å²) in [5, 5.41) is 5.71. The van der Waals surface area contributed by atoms with Crippen molar-refractivity contribution in [3.63, 3.8) is 0 Å². The van der Waals surface area contributed by atoms with Crippen LogP contribution in [0.25, 0.3) is 0 Å². The maximum Gasteiger partial charge on any atom is 0.319 e. The molecule has 0 radical (unpaired) electrons. The Bertz CT molecular complexity index is 631. The molecule has 0 aliphatic heterocycles. The van der Waals surface area contributed by atoms with Crippen molar-refractivity contribution in [2.24, 2.45) is 0 Å². The lowest BCUT2D eigenvalue weighted by Crippen LogP contribution is -2.28. The molecule has 0 saturated heterocycles. The molecule has 2 aromatic rings. The lowest BCUT2D eigenvalue weighted by Gasteiger charge is -2.11. The van der Waals surface area contributed by atoms with Crippen LogP contribution in [0.2, 0.25) is 0 Å². The number of halogens is 2. The second-order valence-corrected chi connectivity index (χ2v) is 6.46. The molecule has 2 rings (SSSR count). The molecule has 0 spiro atoms. The summed E-state index contributed by atoms with van der Waals surface area (Å²) in [6.45, 7) is 2.46. The van der Waals surface area contributed by atoms with E-state index in [0.717, 1.165) is 24.9 Å². The molecular formula is C15H14BrIN2O. The predicted octanol–water partition coefficient (Wildman–Crippen LogP) is 4.68. The summed E-state index contributed by atoms with van der Waals surface area (Å²) in [6.07, 6.45) is 0. The van der Waals surface area contributed by atoms with Crippen LogP contribution in [0.1, 0.15) is 11.1 Å². The minimum atomic E-state index is -0.204. The number of hydrogen-bond donors (Lipinski definition) is 2. The highest BCUT2D eigenvalue weighted by atomic mass is 127. The van der Waals surface area contributed by atoms with E-state index in [1.165, 1.54) is 0 Å². The first-order chi connectivity index (χ1) is 9.56. The first-order valence-electron chi connectivity index (χ1n) is 6.10. The zero-order chi connectivity index (χ0) is 14.5. The van der Waals surface area contributed by atoms with Gasteiger partial charge in [-0.2, -0.15) is 0 Å². The highest BCUT2D eigenvalue weighted by molar-refractivity contribution is 14.1. The van der Waals surface area contributed by atoms with E-state index in [1.54, 1.807) is 0 Å². The molecule has 0 fully saturated rings. The Kier molecular flexibility index (Phi) is 5.42. The first-order valence-corrected chi connectivity index (χ1v) is 7.98. The summed E-state index contributed by atoms with van der Waals surface area (Å²) in [6, 6.07) is 13.5. The Labute approximate surface area is 140 Å². The summed E-state index contributed by atoms with van der Waals surface area (Å²) >= 11 is 5.71. The molecule has 0 saturated carbocycles. The van der Waals surface area contributed by atoms with Crippen molar-refractivity contribution in [2.45, 2.75) is 13.5 Å². The lowest BCUT2D eigenvalue weighted by atomic mass is 10.2. The molecule has 2 N–H and O–H groups in total.